The van der Waals surface area contributed by atoms with Crippen LogP contribution in [0.15, 0.2) is 43.0 Å². The topological polar surface area (TPSA) is 48.3 Å². The molecule has 1 fully saturated rings. The molecule has 2 aromatic rings. The van der Waals surface area contributed by atoms with Gasteiger partial charge in [0.1, 0.15) is 12.4 Å². The number of aryl methyl sites for hydroxylation is 1. The minimum Gasteiger partial charge on any atom is -0.491 e. The number of rotatable bonds is 9. The minimum atomic E-state index is 0.270. The van der Waals surface area contributed by atoms with Crippen LogP contribution in [-0.4, -0.2) is 35.4 Å². The summed E-state index contributed by atoms with van der Waals surface area (Å²) in [5, 5.41) is 3.47. The maximum Gasteiger partial charge on any atom is 0.119 e. The Hall–Kier alpha value is -1.85. The molecular weight excluding hydrogens is 290 g/mol. The summed E-state index contributed by atoms with van der Waals surface area (Å²) in [7, 11) is 0. The first-order chi connectivity index (χ1) is 11.4. The van der Waals surface area contributed by atoms with Crippen molar-refractivity contribution in [3.05, 3.63) is 48.5 Å². The first-order valence-electron chi connectivity index (χ1n) is 8.40. The highest BCUT2D eigenvalue weighted by atomic mass is 16.5. The van der Waals surface area contributed by atoms with Crippen molar-refractivity contribution in [3.8, 4) is 5.75 Å². The number of hydrogen-bond acceptors (Lipinski definition) is 4. The maximum absolute atomic E-state index is 5.78. The van der Waals surface area contributed by atoms with Crippen LogP contribution in [0.2, 0.25) is 0 Å². The van der Waals surface area contributed by atoms with Crippen molar-refractivity contribution in [2.45, 2.75) is 38.5 Å². The molecule has 1 N–H and O–H groups in total. The van der Waals surface area contributed by atoms with Crippen LogP contribution in [0.1, 0.15) is 24.8 Å². The molecule has 0 radical (unpaired) electrons. The van der Waals surface area contributed by atoms with Gasteiger partial charge in [-0.15, -0.1) is 0 Å². The van der Waals surface area contributed by atoms with Gasteiger partial charge in [-0.1, -0.05) is 12.1 Å². The fourth-order valence-electron chi connectivity index (χ4n) is 2.71. The lowest BCUT2D eigenvalue weighted by Crippen LogP contribution is -2.17. The van der Waals surface area contributed by atoms with Crippen LogP contribution >= 0.6 is 0 Å². The lowest BCUT2D eigenvalue weighted by atomic mass is 10.2. The van der Waals surface area contributed by atoms with Crippen LogP contribution < -0.4 is 10.1 Å². The van der Waals surface area contributed by atoms with E-state index in [1.807, 2.05) is 30.9 Å². The highest BCUT2D eigenvalue weighted by Gasteiger charge is 2.15. The molecule has 124 valence electrons. The second-order valence-electron chi connectivity index (χ2n) is 5.92. The summed E-state index contributed by atoms with van der Waals surface area (Å²) < 4.78 is 13.4. The molecule has 5 nitrogen and oxygen atoms in total. The molecule has 1 unspecified atom stereocenters. The van der Waals surface area contributed by atoms with Crippen LogP contribution in [0.3, 0.4) is 0 Å². The van der Waals surface area contributed by atoms with Crippen molar-refractivity contribution in [1.29, 1.82) is 0 Å². The van der Waals surface area contributed by atoms with Gasteiger partial charge in [0.2, 0.25) is 0 Å². The van der Waals surface area contributed by atoms with Crippen LogP contribution in [0.25, 0.3) is 0 Å². The van der Waals surface area contributed by atoms with Gasteiger partial charge < -0.3 is 19.4 Å². The molecule has 0 saturated carbocycles. The Balaban J connectivity index is 1.31. The van der Waals surface area contributed by atoms with E-state index in [9.17, 15) is 0 Å². The van der Waals surface area contributed by atoms with Crippen molar-refractivity contribution in [1.82, 2.24) is 14.9 Å². The molecule has 1 aliphatic rings. The van der Waals surface area contributed by atoms with E-state index >= 15 is 0 Å². The summed E-state index contributed by atoms with van der Waals surface area (Å²) in [6, 6.07) is 8.32. The second-order valence-corrected chi connectivity index (χ2v) is 5.92. The average Bonchev–Trinajstić information content (AvgIpc) is 3.27. The zero-order chi connectivity index (χ0) is 15.7. The summed E-state index contributed by atoms with van der Waals surface area (Å²) >= 11 is 0. The van der Waals surface area contributed by atoms with Gasteiger partial charge in [0.25, 0.3) is 0 Å². The number of aromatic nitrogens is 2. The van der Waals surface area contributed by atoms with Crippen LogP contribution in [-0.2, 0) is 17.8 Å². The SMILES string of the molecule is c1cn(CCCNCc2ccc(OCC3CCCO3)cc2)cn1. The molecule has 0 amide bonds. The van der Waals surface area contributed by atoms with Crippen LogP contribution in [0.5, 0.6) is 5.75 Å². The molecule has 1 atom stereocenters. The molecule has 23 heavy (non-hydrogen) atoms. The Morgan fingerprint density at radius 2 is 2.22 bits per heavy atom. The van der Waals surface area contributed by atoms with Gasteiger partial charge in [0.15, 0.2) is 0 Å². The Morgan fingerprint density at radius 1 is 1.30 bits per heavy atom. The molecule has 0 aliphatic carbocycles. The standard InChI is InChI=1S/C18H25N3O2/c1-3-18(22-12-1)14-23-17-6-4-16(5-7-17)13-19-8-2-10-21-11-9-20-15-21/h4-7,9,11,15,18-19H,1-3,8,10,12-14H2. The van der Waals surface area contributed by atoms with Crippen LogP contribution in [0.4, 0.5) is 0 Å². The third-order valence-corrected chi connectivity index (χ3v) is 4.04. The zero-order valence-corrected chi connectivity index (χ0v) is 13.5. The van der Waals surface area contributed by atoms with E-state index in [0.717, 1.165) is 51.3 Å². The van der Waals surface area contributed by atoms with E-state index in [1.54, 1.807) is 0 Å². The quantitative estimate of drug-likeness (QED) is 0.723. The average molecular weight is 315 g/mol. The molecule has 2 heterocycles. The Bertz CT molecular complexity index is 548. The minimum absolute atomic E-state index is 0.270. The monoisotopic (exact) mass is 315 g/mol. The van der Waals surface area contributed by atoms with Gasteiger partial charge in [0, 0.05) is 32.1 Å². The summed E-state index contributed by atoms with van der Waals surface area (Å²) in [4.78, 5) is 4.04. The number of imidazole rings is 1. The fraction of sp³-hybridized carbons (Fsp3) is 0.500. The summed E-state index contributed by atoms with van der Waals surface area (Å²) in [6.07, 6.45) is 9.30. The predicted octanol–water partition coefficient (Wildman–Crippen LogP) is 2.62. The molecule has 5 heteroatoms. The Morgan fingerprint density at radius 3 is 2.96 bits per heavy atom. The highest BCUT2D eigenvalue weighted by molar-refractivity contribution is 5.27. The molecule has 1 aromatic carbocycles. The Kier molecular flexibility index (Phi) is 6.06. The van der Waals surface area contributed by atoms with E-state index in [4.69, 9.17) is 9.47 Å². The molecule has 3 rings (SSSR count). The van der Waals surface area contributed by atoms with Crippen molar-refractivity contribution >= 4 is 0 Å². The number of nitrogens with zero attached hydrogens (tertiary/aromatic N) is 2. The van der Waals surface area contributed by atoms with Gasteiger partial charge in [0.05, 0.1) is 12.4 Å². The van der Waals surface area contributed by atoms with Gasteiger partial charge >= 0.3 is 0 Å². The van der Waals surface area contributed by atoms with E-state index in [0.29, 0.717) is 6.61 Å². The number of nitrogens with one attached hydrogen (secondary N) is 1. The third-order valence-electron chi connectivity index (χ3n) is 4.04. The van der Waals surface area contributed by atoms with Crippen molar-refractivity contribution in [3.63, 3.8) is 0 Å². The Labute approximate surface area is 137 Å². The number of ether oxygens (including phenoxy) is 2. The van der Waals surface area contributed by atoms with E-state index in [1.165, 1.54) is 5.56 Å². The first kappa shape index (κ1) is 16.0. The molecule has 0 bridgehead atoms. The van der Waals surface area contributed by atoms with Gasteiger partial charge in [-0.2, -0.15) is 0 Å². The van der Waals surface area contributed by atoms with Crippen LogP contribution in [0, 0.1) is 0 Å². The normalized spacial score (nSPS) is 17.5. The van der Waals surface area contributed by atoms with Gasteiger partial charge in [-0.3, -0.25) is 0 Å². The largest absolute Gasteiger partial charge is 0.491 e. The summed E-state index contributed by atoms with van der Waals surface area (Å²) in [6.45, 7) is 4.42. The predicted molar refractivity (Wildman–Crippen MR) is 89.5 cm³/mol. The van der Waals surface area contributed by atoms with E-state index < -0.39 is 0 Å². The lowest BCUT2D eigenvalue weighted by Gasteiger charge is -2.12. The number of hydrogen-bond donors (Lipinski definition) is 1. The molecule has 1 aliphatic heterocycles. The van der Waals surface area contributed by atoms with E-state index in [2.05, 4.69) is 27.0 Å². The van der Waals surface area contributed by atoms with Crippen molar-refractivity contribution in [2.75, 3.05) is 19.8 Å². The van der Waals surface area contributed by atoms with Crippen molar-refractivity contribution in [2.24, 2.45) is 0 Å². The maximum atomic E-state index is 5.78. The lowest BCUT2D eigenvalue weighted by molar-refractivity contribution is 0.0679. The second kappa shape index (κ2) is 8.70. The number of benzene rings is 1. The summed E-state index contributed by atoms with van der Waals surface area (Å²) in [5.41, 5.74) is 1.28. The first-order valence-corrected chi connectivity index (χ1v) is 8.40. The molecule has 0 spiro atoms. The zero-order valence-electron chi connectivity index (χ0n) is 13.5. The third kappa shape index (κ3) is 5.37. The molecule has 1 aromatic heterocycles. The highest BCUT2D eigenvalue weighted by Crippen LogP contribution is 2.16. The molecule has 1 saturated heterocycles. The van der Waals surface area contributed by atoms with Gasteiger partial charge in [-0.05, 0) is 43.5 Å². The van der Waals surface area contributed by atoms with Crippen molar-refractivity contribution < 1.29 is 9.47 Å². The van der Waals surface area contributed by atoms with E-state index in [-0.39, 0.29) is 6.10 Å². The summed E-state index contributed by atoms with van der Waals surface area (Å²) in [5.74, 6) is 0.921. The fourth-order valence-corrected chi connectivity index (χ4v) is 2.71. The smallest absolute Gasteiger partial charge is 0.119 e. The van der Waals surface area contributed by atoms with Gasteiger partial charge in [-0.25, -0.2) is 4.98 Å². The molecular formula is C18H25N3O2.